The van der Waals surface area contributed by atoms with E-state index in [1.54, 1.807) is 6.92 Å². The lowest BCUT2D eigenvalue weighted by Crippen LogP contribution is -2.50. The van der Waals surface area contributed by atoms with Crippen molar-refractivity contribution in [1.82, 2.24) is 4.90 Å². The van der Waals surface area contributed by atoms with Crippen molar-refractivity contribution in [1.29, 1.82) is 0 Å². The molecule has 2 N–H and O–H groups in total. The molecule has 2 bridgehead atoms. The molecule has 14 heavy (non-hydrogen) atoms. The van der Waals surface area contributed by atoms with E-state index in [9.17, 15) is 4.79 Å². The fourth-order valence-electron chi connectivity index (χ4n) is 2.90. The Labute approximate surface area is 85.6 Å². The fraction of sp³-hybridized carbons (Fsp3) is 0.909. The molecular weight excluding hydrogens is 176 g/mol. The monoisotopic (exact) mass is 196 g/mol. The van der Waals surface area contributed by atoms with Crippen LogP contribution in [0.4, 0.5) is 0 Å². The van der Waals surface area contributed by atoms with E-state index in [0.29, 0.717) is 0 Å². The molecule has 1 heterocycles. The lowest BCUT2D eigenvalue weighted by molar-refractivity contribution is -0.135. The summed E-state index contributed by atoms with van der Waals surface area (Å²) >= 11 is 0. The first kappa shape index (κ1) is 9.97. The van der Waals surface area contributed by atoms with E-state index >= 15 is 0 Å². The minimum absolute atomic E-state index is 0.140. The number of nitrogens with two attached hydrogens (primary N) is 1. The van der Waals surface area contributed by atoms with Crippen LogP contribution in [-0.4, -0.2) is 29.9 Å². The van der Waals surface area contributed by atoms with Crippen molar-refractivity contribution in [2.75, 3.05) is 13.1 Å². The SMILES string of the molecule is CC(N)C(=O)N1CC2CCCC(C2)C1. The Kier molecular flexibility index (Phi) is 2.77. The molecule has 1 aliphatic carbocycles. The molecule has 0 radical (unpaired) electrons. The summed E-state index contributed by atoms with van der Waals surface area (Å²) in [5, 5.41) is 0. The molecule has 0 aromatic heterocycles. The maximum Gasteiger partial charge on any atom is 0.239 e. The fourth-order valence-corrected chi connectivity index (χ4v) is 2.90. The molecule has 1 saturated heterocycles. The molecule has 3 heteroatoms. The Bertz CT molecular complexity index is 215. The predicted molar refractivity (Wildman–Crippen MR) is 55.7 cm³/mol. The van der Waals surface area contributed by atoms with Crippen molar-refractivity contribution in [2.24, 2.45) is 17.6 Å². The van der Waals surface area contributed by atoms with Gasteiger partial charge in [-0.25, -0.2) is 0 Å². The summed E-state index contributed by atoms with van der Waals surface area (Å²) in [5.74, 6) is 1.65. The first-order valence-corrected chi connectivity index (χ1v) is 5.71. The van der Waals surface area contributed by atoms with Crippen LogP contribution in [0.2, 0.25) is 0 Å². The van der Waals surface area contributed by atoms with E-state index in [-0.39, 0.29) is 11.9 Å². The van der Waals surface area contributed by atoms with E-state index < -0.39 is 0 Å². The molecule has 3 atom stereocenters. The van der Waals surface area contributed by atoms with Gasteiger partial charge in [0, 0.05) is 13.1 Å². The van der Waals surface area contributed by atoms with E-state index in [0.717, 1.165) is 24.9 Å². The molecule has 1 amide bonds. The lowest BCUT2D eigenvalue weighted by atomic mass is 9.78. The van der Waals surface area contributed by atoms with Crippen molar-refractivity contribution >= 4 is 5.91 Å². The molecule has 3 unspecified atom stereocenters. The molecule has 2 aliphatic rings. The molecular formula is C11H20N2O. The number of fused-ring (bicyclic) bond motifs is 2. The van der Waals surface area contributed by atoms with Gasteiger partial charge in [0.1, 0.15) is 0 Å². The summed E-state index contributed by atoms with van der Waals surface area (Å²) in [4.78, 5) is 13.7. The van der Waals surface area contributed by atoms with E-state index in [2.05, 4.69) is 0 Å². The summed E-state index contributed by atoms with van der Waals surface area (Å²) in [7, 11) is 0. The third-order valence-corrected chi connectivity index (χ3v) is 3.55. The van der Waals surface area contributed by atoms with Gasteiger partial charge in [-0.1, -0.05) is 6.42 Å². The third kappa shape index (κ3) is 1.92. The highest BCUT2D eigenvalue weighted by atomic mass is 16.2. The summed E-state index contributed by atoms with van der Waals surface area (Å²) in [6.07, 6.45) is 5.30. The second-order valence-electron chi connectivity index (χ2n) is 4.93. The quantitative estimate of drug-likeness (QED) is 0.679. The standard InChI is InChI=1S/C11H20N2O/c1-8(12)11(14)13-6-9-3-2-4-10(5-9)7-13/h8-10H,2-7,12H2,1H3. The zero-order valence-corrected chi connectivity index (χ0v) is 8.91. The van der Waals surface area contributed by atoms with Crippen LogP contribution in [0.25, 0.3) is 0 Å². The number of likely N-dealkylation sites (tertiary alicyclic amines) is 1. The van der Waals surface area contributed by atoms with Crippen LogP contribution in [0.3, 0.4) is 0 Å². The number of amides is 1. The van der Waals surface area contributed by atoms with Crippen LogP contribution in [0.15, 0.2) is 0 Å². The molecule has 2 rings (SSSR count). The molecule has 0 aromatic carbocycles. The average Bonchev–Trinajstić information content (AvgIpc) is 2.15. The number of nitrogens with zero attached hydrogens (tertiary/aromatic N) is 1. The van der Waals surface area contributed by atoms with Gasteiger partial charge in [0.2, 0.25) is 5.91 Å². The molecule has 0 spiro atoms. The molecule has 0 aromatic rings. The smallest absolute Gasteiger partial charge is 0.239 e. The van der Waals surface area contributed by atoms with E-state index in [1.807, 2.05) is 4.90 Å². The lowest BCUT2D eigenvalue weighted by Gasteiger charge is -2.41. The Morgan fingerprint density at radius 2 is 1.93 bits per heavy atom. The molecule has 1 aliphatic heterocycles. The highest BCUT2D eigenvalue weighted by Crippen LogP contribution is 2.34. The molecule has 1 saturated carbocycles. The maximum absolute atomic E-state index is 11.7. The summed E-state index contributed by atoms with van der Waals surface area (Å²) < 4.78 is 0. The summed E-state index contributed by atoms with van der Waals surface area (Å²) in [6.45, 7) is 3.69. The van der Waals surface area contributed by atoms with Crippen molar-refractivity contribution in [3.63, 3.8) is 0 Å². The zero-order valence-electron chi connectivity index (χ0n) is 8.91. The van der Waals surface area contributed by atoms with E-state index in [4.69, 9.17) is 5.73 Å². The van der Waals surface area contributed by atoms with Crippen LogP contribution >= 0.6 is 0 Å². The molecule has 3 nitrogen and oxygen atoms in total. The van der Waals surface area contributed by atoms with Crippen molar-refractivity contribution in [3.05, 3.63) is 0 Å². The van der Waals surface area contributed by atoms with Gasteiger partial charge in [0.15, 0.2) is 0 Å². The van der Waals surface area contributed by atoms with Crippen molar-refractivity contribution < 1.29 is 4.79 Å². The summed E-state index contributed by atoms with van der Waals surface area (Å²) in [5.41, 5.74) is 5.63. The van der Waals surface area contributed by atoms with Gasteiger partial charge in [-0.05, 0) is 38.0 Å². The van der Waals surface area contributed by atoms with Gasteiger partial charge in [-0.3, -0.25) is 4.79 Å². The van der Waals surface area contributed by atoms with Crippen molar-refractivity contribution in [2.45, 2.75) is 38.6 Å². The summed E-state index contributed by atoms with van der Waals surface area (Å²) in [6, 6.07) is -0.325. The maximum atomic E-state index is 11.7. The topological polar surface area (TPSA) is 46.3 Å². The van der Waals surface area contributed by atoms with Gasteiger partial charge in [-0.2, -0.15) is 0 Å². The van der Waals surface area contributed by atoms with Gasteiger partial charge in [-0.15, -0.1) is 0 Å². The van der Waals surface area contributed by atoms with Crippen LogP contribution in [0.5, 0.6) is 0 Å². The highest BCUT2D eigenvalue weighted by molar-refractivity contribution is 5.81. The Morgan fingerprint density at radius 3 is 2.43 bits per heavy atom. The number of rotatable bonds is 1. The van der Waals surface area contributed by atoms with Crippen LogP contribution < -0.4 is 5.73 Å². The van der Waals surface area contributed by atoms with Gasteiger partial charge < -0.3 is 10.6 Å². The van der Waals surface area contributed by atoms with Gasteiger partial charge in [0.05, 0.1) is 6.04 Å². The second kappa shape index (κ2) is 3.89. The number of hydrogen-bond acceptors (Lipinski definition) is 2. The second-order valence-corrected chi connectivity index (χ2v) is 4.93. The van der Waals surface area contributed by atoms with Gasteiger partial charge >= 0.3 is 0 Å². The molecule has 2 fully saturated rings. The van der Waals surface area contributed by atoms with Crippen LogP contribution in [0.1, 0.15) is 32.6 Å². The highest BCUT2D eigenvalue weighted by Gasteiger charge is 2.33. The average molecular weight is 196 g/mol. The van der Waals surface area contributed by atoms with Crippen LogP contribution in [-0.2, 0) is 4.79 Å². The van der Waals surface area contributed by atoms with Crippen molar-refractivity contribution in [3.8, 4) is 0 Å². The zero-order chi connectivity index (χ0) is 10.1. The number of hydrogen-bond donors (Lipinski definition) is 1. The largest absolute Gasteiger partial charge is 0.341 e. The number of piperidine rings is 1. The predicted octanol–water partition coefficient (Wildman–Crippen LogP) is 0.982. The Hall–Kier alpha value is -0.570. The third-order valence-electron chi connectivity index (χ3n) is 3.55. The minimum Gasteiger partial charge on any atom is -0.341 e. The first-order chi connectivity index (χ1) is 6.66. The Balaban J connectivity index is 1.98. The first-order valence-electron chi connectivity index (χ1n) is 5.71. The van der Waals surface area contributed by atoms with Crippen LogP contribution in [0, 0.1) is 11.8 Å². The van der Waals surface area contributed by atoms with Gasteiger partial charge in [0.25, 0.3) is 0 Å². The van der Waals surface area contributed by atoms with E-state index in [1.165, 1.54) is 25.7 Å². The minimum atomic E-state index is -0.325. The number of carbonyl (C=O) groups is 1. The number of carbonyl (C=O) groups excluding carboxylic acids is 1. The molecule has 80 valence electrons. The normalized spacial score (nSPS) is 34.0. The Morgan fingerprint density at radius 1 is 1.36 bits per heavy atom.